The molecule has 2 aliphatic carbocycles. The van der Waals surface area contributed by atoms with E-state index in [1.807, 2.05) is 18.2 Å². The molecule has 10 heteroatoms. The van der Waals surface area contributed by atoms with Crippen LogP contribution in [0.3, 0.4) is 0 Å². The summed E-state index contributed by atoms with van der Waals surface area (Å²) >= 11 is 0. The SMILES string of the molecule is CC(C)(C)OC(=O)CC[C@@H](C(N)=O)N1Cc2cc(C[C@H]3CCCC[C@@H]3NC3CCC(C(F)(F)F)CC3)ccc2C1=O. The highest BCUT2D eigenvalue weighted by Gasteiger charge is 2.42. The molecule has 1 heterocycles. The summed E-state index contributed by atoms with van der Waals surface area (Å²) in [5.74, 6) is -2.19. The second-order valence-electron chi connectivity index (χ2n) is 13.1. The van der Waals surface area contributed by atoms with Crippen LogP contribution in [0.2, 0.25) is 0 Å². The van der Waals surface area contributed by atoms with Crippen LogP contribution >= 0.6 is 0 Å². The minimum atomic E-state index is -4.10. The molecule has 3 N–H and O–H groups in total. The lowest BCUT2D eigenvalue weighted by atomic mass is 9.78. The van der Waals surface area contributed by atoms with Crippen LogP contribution in [0.5, 0.6) is 0 Å². The molecule has 2 amide bonds. The molecule has 41 heavy (non-hydrogen) atoms. The quantitative estimate of drug-likeness (QED) is 0.380. The third-order valence-corrected chi connectivity index (χ3v) is 8.80. The van der Waals surface area contributed by atoms with Crippen molar-refractivity contribution in [3.8, 4) is 0 Å². The minimum absolute atomic E-state index is 0.0236. The Hall–Kier alpha value is -2.62. The lowest BCUT2D eigenvalue weighted by Crippen LogP contribution is -2.47. The van der Waals surface area contributed by atoms with Crippen molar-refractivity contribution in [3.63, 3.8) is 0 Å². The molecule has 1 aromatic carbocycles. The number of carbonyl (C=O) groups is 3. The molecule has 2 fully saturated rings. The first kappa shape index (κ1) is 31.3. The van der Waals surface area contributed by atoms with Gasteiger partial charge in [-0.3, -0.25) is 14.4 Å². The number of nitrogens with one attached hydrogen (secondary N) is 1. The third kappa shape index (κ3) is 8.23. The summed E-state index contributed by atoms with van der Waals surface area (Å²) in [6, 6.07) is 5.26. The first-order chi connectivity index (χ1) is 19.2. The molecule has 228 valence electrons. The Kier molecular flexibility index (Phi) is 9.71. The number of nitrogens with two attached hydrogens (primary N) is 1. The molecule has 0 unspecified atom stereocenters. The number of ether oxygens (including phenoxy) is 1. The summed E-state index contributed by atoms with van der Waals surface area (Å²) in [5.41, 5.74) is 7.48. The Morgan fingerprint density at radius 3 is 2.39 bits per heavy atom. The fourth-order valence-electron chi connectivity index (χ4n) is 6.74. The van der Waals surface area contributed by atoms with Gasteiger partial charge in [-0.25, -0.2) is 0 Å². The van der Waals surface area contributed by atoms with E-state index in [1.165, 1.54) is 4.90 Å². The summed E-state index contributed by atoms with van der Waals surface area (Å²) in [5, 5.41) is 3.71. The number of alkyl halides is 3. The van der Waals surface area contributed by atoms with Crippen LogP contribution in [-0.2, 0) is 27.3 Å². The summed E-state index contributed by atoms with van der Waals surface area (Å²) in [4.78, 5) is 39.1. The topological polar surface area (TPSA) is 102 Å². The van der Waals surface area contributed by atoms with Crippen molar-refractivity contribution in [2.24, 2.45) is 17.6 Å². The average Bonchev–Trinajstić information content (AvgIpc) is 3.19. The normalized spacial score (nSPS) is 26.0. The summed E-state index contributed by atoms with van der Waals surface area (Å²) in [6.07, 6.45) is 2.57. The number of hydrogen-bond donors (Lipinski definition) is 2. The van der Waals surface area contributed by atoms with Gasteiger partial charge in [0.15, 0.2) is 0 Å². The molecule has 2 saturated carbocycles. The Bertz CT molecular complexity index is 1110. The van der Waals surface area contributed by atoms with Crippen LogP contribution in [0.15, 0.2) is 18.2 Å². The van der Waals surface area contributed by atoms with E-state index < -0.39 is 35.6 Å². The van der Waals surface area contributed by atoms with Crippen molar-refractivity contribution in [3.05, 3.63) is 34.9 Å². The maximum absolute atomic E-state index is 13.2. The number of primary amides is 1. The molecule has 3 aliphatic rings. The van der Waals surface area contributed by atoms with Gasteiger partial charge in [-0.2, -0.15) is 13.2 Å². The molecule has 3 atom stereocenters. The maximum atomic E-state index is 13.2. The Morgan fingerprint density at radius 2 is 1.76 bits per heavy atom. The largest absolute Gasteiger partial charge is 0.460 e. The average molecular weight is 580 g/mol. The van der Waals surface area contributed by atoms with Gasteiger partial charge in [0.05, 0.1) is 5.92 Å². The van der Waals surface area contributed by atoms with Crippen molar-refractivity contribution in [2.75, 3.05) is 0 Å². The van der Waals surface area contributed by atoms with E-state index >= 15 is 0 Å². The first-order valence-electron chi connectivity index (χ1n) is 15.0. The van der Waals surface area contributed by atoms with Crippen LogP contribution in [0.4, 0.5) is 13.2 Å². The molecule has 0 radical (unpaired) electrons. The van der Waals surface area contributed by atoms with Gasteiger partial charge in [-0.15, -0.1) is 0 Å². The first-order valence-corrected chi connectivity index (χ1v) is 15.0. The van der Waals surface area contributed by atoms with Crippen LogP contribution in [-0.4, -0.2) is 52.6 Å². The van der Waals surface area contributed by atoms with E-state index in [2.05, 4.69) is 5.32 Å². The molecule has 1 aromatic rings. The zero-order chi connectivity index (χ0) is 29.9. The number of nitrogens with zero attached hydrogens (tertiary/aromatic N) is 1. The molecular weight excluding hydrogens is 535 g/mol. The maximum Gasteiger partial charge on any atom is 0.391 e. The van der Waals surface area contributed by atoms with Crippen LogP contribution in [0.1, 0.15) is 106 Å². The van der Waals surface area contributed by atoms with Gasteiger partial charge in [0, 0.05) is 30.6 Å². The Morgan fingerprint density at radius 1 is 1.07 bits per heavy atom. The Labute approximate surface area is 240 Å². The predicted molar refractivity (Wildman–Crippen MR) is 149 cm³/mol. The second kappa shape index (κ2) is 12.7. The van der Waals surface area contributed by atoms with Gasteiger partial charge >= 0.3 is 12.1 Å². The molecule has 7 nitrogen and oxygen atoms in total. The van der Waals surface area contributed by atoms with Crippen molar-refractivity contribution >= 4 is 17.8 Å². The van der Waals surface area contributed by atoms with Gasteiger partial charge in [-0.05, 0) is 95.2 Å². The zero-order valence-electron chi connectivity index (χ0n) is 24.4. The van der Waals surface area contributed by atoms with Crippen LogP contribution in [0.25, 0.3) is 0 Å². The molecule has 0 spiro atoms. The van der Waals surface area contributed by atoms with Gasteiger partial charge in [-0.1, -0.05) is 25.0 Å². The lowest BCUT2D eigenvalue weighted by molar-refractivity contribution is -0.183. The van der Waals surface area contributed by atoms with Crippen molar-refractivity contribution in [1.82, 2.24) is 10.2 Å². The van der Waals surface area contributed by atoms with Gasteiger partial charge < -0.3 is 20.7 Å². The van der Waals surface area contributed by atoms with E-state index in [9.17, 15) is 27.6 Å². The van der Waals surface area contributed by atoms with E-state index in [0.717, 1.165) is 43.2 Å². The molecule has 4 rings (SSSR count). The standard InChI is InChI=1S/C31H44F3N3O4/c1-30(2,3)41-27(38)15-14-26(28(35)39)37-18-21-17-19(8-13-24(21)29(37)40)16-20-6-4-5-7-25(20)36-23-11-9-22(10-12-23)31(32,33)34/h8,13,17,20,22-23,25-26,36H,4-7,9-12,14-16,18H2,1-3H3,(H2,35,39)/t20-,22?,23?,25+,26+/m1/s1. The van der Waals surface area contributed by atoms with Crippen molar-refractivity contribution < 1.29 is 32.3 Å². The number of esters is 1. The third-order valence-electron chi connectivity index (χ3n) is 8.80. The van der Waals surface area contributed by atoms with E-state index in [0.29, 0.717) is 24.3 Å². The van der Waals surface area contributed by atoms with Gasteiger partial charge in [0.1, 0.15) is 11.6 Å². The highest BCUT2D eigenvalue weighted by molar-refractivity contribution is 6.01. The molecule has 0 bridgehead atoms. The van der Waals surface area contributed by atoms with E-state index in [-0.39, 0.29) is 50.2 Å². The summed E-state index contributed by atoms with van der Waals surface area (Å²) in [6.45, 7) is 5.55. The van der Waals surface area contributed by atoms with Crippen molar-refractivity contribution in [2.45, 2.75) is 128 Å². The van der Waals surface area contributed by atoms with Gasteiger partial charge in [0.2, 0.25) is 5.91 Å². The van der Waals surface area contributed by atoms with Crippen LogP contribution in [0, 0.1) is 11.8 Å². The highest BCUT2D eigenvalue weighted by atomic mass is 19.4. The minimum Gasteiger partial charge on any atom is -0.460 e. The fourth-order valence-corrected chi connectivity index (χ4v) is 6.74. The number of amides is 2. The predicted octanol–water partition coefficient (Wildman–Crippen LogP) is 5.43. The number of benzene rings is 1. The van der Waals surface area contributed by atoms with E-state index in [4.69, 9.17) is 10.5 Å². The summed E-state index contributed by atoms with van der Waals surface area (Å²) < 4.78 is 44.6. The highest BCUT2D eigenvalue weighted by Crippen LogP contribution is 2.38. The lowest BCUT2D eigenvalue weighted by Gasteiger charge is -2.38. The van der Waals surface area contributed by atoms with Crippen LogP contribution < -0.4 is 11.1 Å². The summed E-state index contributed by atoms with van der Waals surface area (Å²) in [7, 11) is 0. The fraction of sp³-hybridized carbons (Fsp3) is 0.710. The molecule has 0 saturated heterocycles. The number of fused-ring (bicyclic) bond motifs is 1. The molecule has 0 aromatic heterocycles. The molecule has 1 aliphatic heterocycles. The number of halogens is 3. The number of rotatable bonds is 9. The Balaban J connectivity index is 1.37. The van der Waals surface area contributed by atoms with Crippen molar-refractivity contribution in [1.29, 1.82) is 0 Å². The second-order valence-corrected chi connectivity index (χ2v) is 13.1. The zero-order valence-corrected chi connectivity index (χ0v) is 24.4. The monoisotopic (exact) mass is 579 g/mol. The number of hydrogen-bond acceptors (Lipinski definition) is 5. The van der Waals surface area contributed by atoms with E-state index in [1.54, 1.807) is 20.8 Å². The van der Waals surface area contributed by atoms with Gasteiger partial charge in [0.25, 0.3) is 5.91 Å². The number of carbonyl (C=O) groups excluding carboxylic acids is 3. The molecular formula is C31H44F3N3O4. The smallest absolute Gasteiger partial charge is 0.391 e.